The van der Waals surface area contributed by atoms with Gasteiger partial charge in [-0.05, 0) is 72.0 Å². The van der Waals surface area contributed by atoms with Crippen LogP contribution >= 0.6 is 0 Å². The van der Waals surface area contributed by atoms with Gasteiger partial charge in [-0.15, -0.1) is 0 Å². The van der Waals surface area contributed by atoms with Crippen LogP contribution in [0, 0.1) is 11.3 Å². The number of rotatable bonds is 12. The van der Waals surface area contributed by atoms with E-state index in [1.165, 1.54) is 5.56 Å². The van der Waals surface area contributed by atoms with Crippen molar-refractivity contribution in [3.63, 3.8) is 0 Å². The third-order valence-electron chi connectivity index (χ3n) is 6.94. The molecule has 0 bridgehead atoms. The number of aliphatic hydroxyl groups is 1. The first-order valence-corrected chi connectivity index (χ1v) is 13.2. The Hall–Kier alpha value is -4.26. The Kier molecular flexibility index (Phi) is 9.62. The summed E-state index contributed by atoms with van der Waals surface area (Å²) in [4.78, 5) is 13.4. The summed E-state index contributed by atoms with van der Waals surface area (Å²) in [6, 6.07) is 33.1. The zero-order valence-corrected chi connectivity index (χ0v) is 22.2. The summed E-state index contributed by atoms with van der Waals surface area (Å²) in [7, 11) is 1.93. The van der Waals surface area contributed by atoms with Crippen molar-refractivity contribution >= 4 is 11.7 Å². The molecule has 0 aliphatic carbocycles. The number of nitrogens with one attached hydrogen (secondary N) is 3. The largest absolute Gasteiger partial charge is 0.396 e. The predicted octanol–water partition coefficient (Wildman–Crippen LogP) is 4.55. The summed E-state index contributed by atoms with van der Waals surface area (Å²) < 4.78 is 0. The van der Waals surface area contributed by atoms with Gasteiger partial charge in [0.1, 0.15) is 5.84 Å². The van der Waals surface area contributed by atoms with Crippen LogP contribution in [0.1, 0.15) is 32.6 Å². The number of hydrogen-bond acceptors (Lipinski definition) is 4. The molecule has 2 atom stereocenters. The number of benzene rings is 4. The van der Waals surface area contributed by atoms with Crippen LogP contribution in [-0.4, -0.2) is 36.5 Å². The first-order valence-electron chi connectivity index (χ1n) is 13.2. The van der Waals surface area contributed by atoms with Gasteiger partial charge in [0.05, 0.1) is 0 Å². The Morgan fingerprint density at radius 1 is 0.795 bits per heavy atom. The number of nitrogen functional groups attached to an aromatic ring is 1. The molecule has 0 saturated carbocycles. The van der Waals surface area contributed by atoms with E-state index in [9.17, 15) is 9.90 Å². The lowest BCUT2D eigenvalue weighted by Gasteiger charge is -2.27. The minimum atomic E-state index is -0.302. The third-order valence-corrected chi connectivity index (χ3v) is 6.94. The highest BCUT2D eigenvalue weighted by Crippen LogP contribution is 2.22. The van der Waals surface area contributed by atoms with Gasteiger partial charge < -0.3 is 21.5 Å². The standard InChI is InChI=1S/C33H36N4O2/c1-36-21-25-10-6-11-28(19-25)26-13-15-27(16-14-26)33(39)37-31(20-23-7-3-2-4-8-23)30(22-38)18-24-9-5-12-29(17-24)32(34)35/h2-17,19,30-31,36,38H,18,20-22H2,1H3,(H3,34,35)(H,37,39). The number of hydrogen-bond donors (Lipinski definition) is 5. The van der Waals surface area contributed by atoms with Gasteiger partial charge in [0, 0.05) is 36.2 Å². The molecule has 4 aromatic carbocycles. The Balaban J connectivity index is 1.54. The zero-order valence-electron chi connectivity index (χ0n) is 22.2. The second-order valence-electron chi connectivity index (χ2n) is 9.84. The van der Waals surface area contributed by atoms with E-state index < -0.39 is 0 Å². The maximum absolute atomic E-state index is 13.4. The molecule has 6 heteroatoms. The van der Waals surface area contributed by atoms with Crippen LogP contribution in [0.3, 0.4) is 0 Å². The predicted molar refractivity (Wildman–Crippen MR) is 158 cm³/mol. The van der Waals surface area contributed by atoms with E-state index in [-0.39, 0.29) is 30.3 Å². The second-order valence-corrected chi connectivity index (χ2v) is 9.84. The molecule has 0 aliphatic heterocycles. The average molecular weight is 521 g/mol. The highest BCUT2D eigenvalue weighted by molar-refractivity contribution is 5.95. The number of amidine groups is 1. The molecule has 39 heavy (non-hydrogen) atoms. The molecule has 0 aromatic heterocycles. The first-order chi connectivity index (χ1) is 19.0. The average Bonchev–Trinajstić information content (AvgIpc) is 2.96. The Morgan fingerprint density at radius 3 is 2.18 bits per heavy atom. The smallest absolute Gasteiger partial charge is 0.251 e. The van der Waals surface area contributed by atoms with E-state index >= 15 is 0 Å². The van der Waals surface area contributed by atoms with Gasteiger partial charge in [-0.2, -0.15) is 0 Å². The summed E-state index contributed by atoms with van der Waals surface area (Å²) in [5, 5.41) is 24.5. The van der Waals surface area contributed by atoms with Crippen molar-refractivity contribution in [1.82, 2.24) is 10.6 Å². The molecule has 6 N–H and O–H groups in total. The van der Waals surface area contributed by atoms with E-state index in [4.69, 9.17) is 11.1 Å². The molecular weight excluding hydrogens is 484 g/mol. The lowest BCUT2D eigenvalue weighted by molar-refractivity contribution is 0.0903. The van der Waals surface area contributed by atoms with Crippen LogP contribution in [-0.2, 0) is 19.4 Å². The number of amides is 1. The SMILES string of the molecule is CNCc1cccc(-c2ccc(C(=O)NC(Cc3ccccc3)C(CO)Cc3cccc(C(=N)N)c3)cc2)c1. The van der Waals surface area contributed by atoms with Crippen LogP contribution in [0.4, 0.5) is 0 Å². The topological polar surface area (TPSA) is 111 Å². The van der Waals surface area contributed by atoms with E-state index in [0.717, 1.165) is 28.8 Å². The van der Waals surface area contributed by atoms with Gasteiger partial charge in [-0.1, -0.05) is 78.9 Å². The van der Waals surface area contributed by atoms with Crippen molar-refractivity contribution < 1.29 is 9.90 Å². The van der Waals surface area contributed by atoms with Gasteiger partial charge in [0.15, 0.2) is 0 Å². The van der Waals surface area contributed by atoms with Gasteiger partial charge in [0.2, 0.25) is 0 Å². The molecule has 0 spiro atoms. The molecular formula is C33H36N4O2. The Bertz CT molecular complexity index is 1390. The third kappa shape index (κ3) is 7.63. The maximum Gasteiger partial charge on any atom is 0.251 e. The molecule has 0 saturated heterocycles. The minimum Gasteiger partial charge on any atom is -0.396 e. The summed E-state index contributed by atoms with van der Waals surface area (Å²) in [5.41, 5.74) is 12.3. The van der Waals surface area contributed by atoms with Gasteiger partial charge in [0.25, 0.3) is 5.91 Å². The van der Waals surface area contributed by atoms with Gasteiger partial charge >= 0.3 is 0 Å². The van der Waals surface area contributed by atoms with E-state index in [2.05, 4.69) is 28.8 Å². The number of nitrogens with two attached hydrogens (primary N) is 1. The van der Waals surface area contributed by atoms with E-state index in [1.54, 1.807) is 6.07 Å². The number of carbonyl (C=O) groups is 1. The van der Waals surface area contributed by atoms with Crippen molar-refractivity contribution in [3.05, 3.63) is 131 Å². The van der Waals surface area contributed by atoms with E-state index in [1.807, 2.05) is 85.9 Å². The minimum absolute atomic E-state index is 0.00346. The zero-order chi connectivity index (χ0) is 27.6. The number of carbonyl (C=O) groups excluding carboxylic acids is 1. The van der Waals surface area contributed by atoms with Crippen molar-refractivity contribution in [2.75, 3.05) is 13.7 Å². The highest BCUT2D eigenvalue weighted by Gasteiger charge is 2.24. The fraction of sp³-hybridized carbons (Fsp3) is 0.212. The van der Waals surface area contributed by atoms with Crippen LogP contribution in [0.25, 0.3) is 11.1 Å². The van der Waals surface area contributed by atoms with Crippen molar-refractivity contribution in [2.45, 2.75) is 25.4 Å². The van der Waals surface area contributed by atoms with E-state index in [0.29, 0.717) is 24.0 Å². The Labute approximate surface area is 230 Å². The second kappa shape index (κ2) is 13.5. The fourth-order valence-electron chi connectivity index (χ4n) is 4.84. The molecule has 6 nitrogen and oxygen atoms in total. The summed E-state index contributed by atoms with van der Waals surface area (Å²) in [5.74, 6) is -0.406. The van der Waals surface area contributed by atoms with Gasteiger partial charge in [-0.25, -0.2) is 0 Å². The van der Waals surface area contributed by atoms with Crippen LogP contribution in [0.15, 0.2) is 103 Å². The van der Waals surface area contributed by atoms with Crippen molar-refractivity contribution in [3.8, 4) is 11.1 Å². The fourth-order valence-corrected chi connectivity index (χ4v) is 4.84. The molecule has 0 radical (unpaired) electrons. The molecule has 4 rings (SSSR count). The Morgan fingerprint density at radius 2 is 1.49 bits per heavy atom. The van der Waals surface area contributed by atoms with Gasteiger partial charge in [-0.3, -0.25) is 10.2 Å². The molecule has 0 heterocycles. The summed E-state index contributed by atoms with van der Waals surface area (Å²) in [6.07, 6.45) is 1.12. The number of aliphatic hydroxyl groups excluding tert-OH is 1. The lowest BCUT2D eigenvalue weighted by Crippen LogP contribution is -2.44. The van der Waals surface area contributed by atoms with Crippen LogP contribution in [0.5, 0.6) is 0 Å². The lowest BCUT2D eigenvalue weighted by atomic mass is 9.88. The van der Waals surface area contributed by atoms with Crippen molar-refractivity contribution in [1.29, 1.82) is 5.41 Å². The van der Waals surface area contributed by atoms with Crippen molar-refractivity contribution in [2.24, 2.45) is 11.7 Å². The molecule has 4 aromatic rings. The quantitative estimate of drug-likeness (QED) is 0.139. The monoisotopic (exact) mass is 520 g/mol. The molecule has 200 valence electrons. The summed E-state index contributed by atoms with van der Waals surface area (Å²) in [6.45, 7) is 0.701. The maximum atomic E-state index is 13.4. The molecule has 2 unspecified atom stereocenters. The molecule has 0 aliphatic rings. The summed E-state index contributed by atoms with van der Waals surface area (Å²) >= 11 is 0. The first kappa shape index (κ1) is 27.8. The highest BCUT2D eigenvalue weighted by atomic mass is 16.3. The molecule has 0 fully saturated rings. The van der Waals surface area contributed by atoms with Crippen LogP contribution in [0.2, 0.25) is 0 Å². The van der Waals surface area contributed by atoms with Crippen LogP contribution < -0.4 is 16.4 Å². The normalized spacial score (nSPS) is 12.5. The molecule has 1 amide bonds.